The van der Waals surface area contributed by atoms with Gasteiger partial charge in [0.15, 0.2) is 34.8 Å². The molecule has 0 N–H and O–H groups in total. The van der Waals surface area contributed by atoms with Crippen molar-refractivity contribution in [2.24, 2.45) is 0 Å². The van der Waals surface area contributed by atoms with Crippen molar-refractivity contribution in [1.29, 1.82) is 0 Å². The maximum atomic E-state index is 6.23. The molecule has 8 aromatic carbocycles. The fraction of sp³-hybridized carbons (Fsp3) is 0.100. The molecule has 0 spiro atoms. The van der Waals surface area contributed by atoms with E-state index in [0.29, 0.717) is 34.8 Å². The summed E-state index contributed by atoms with van der Waals surface area (Å²) in [6.45, 7) is 8.09. The Kier molecular flexibility index (Phi) is 16.0. The molecule has 1 aliphatic heterocycles. The van der Waals surface area contributed by atoms with Crippen molar-refractivity contribution in [3.63, 3.8) is 0 Å². The molecule has 0 amide bonds. The summed E-state index contributed by atoms with van der Waals surface area (Å²) in [7, 11) is -0.664. The molecule has 11 rings (SSSR count). The van der Waals surface area contributed by atoms with Crippen LogP contribution in [0.25, 0.3) is 79.2 Å². The van der Waals surface area contributed by atoms with E-state index in [9.17, 15) is 0 Å². The normalized spacial score (nSPS) is 13.3. The van der Waals surface area contributed by atoms with Crippen LogP contribution in [0.4, 0.5) is 0 Å². The average Bonchev–Trinajstić information content (AvgIpc) is 3.65. The molecule has 1 aliphatic rings. The largest absolute Gasteiger partial charge is 0.534 e. The molecular weight excluding hydrogens is 1130 g/mol. The van der Waals surface area contributed by atoms with E-state index < -0.39 is 18.3 Å². The summed E-state index contributed by atoms with van der Waals surface area (Å²) in [5.74, 6) is 3.15. The molecule has 1 saturated heterocycles. The fourth-order valence-electron chi connectivity index (χ4n) is 7.61. The molecule has 354 valence electrons. The van der Waals surface area contributed by atoms with Gasteiger partial charge in [0.25, 0.3) is 0 Å². The number of halogens is 3. The van der Waals surface area contributed by atoms with Crippen LogP contribution < -0.4 is 5.72 Å². The molecule has 12 heteroatoms. The quantitative estimate of drug-likeness (QED) is 0.110. The van der Waals surface area contributed by atoms with Gasteiger partial charge in [0, 0.05) is 40.3 Å². The van der Waals surface area contributed by atoms with Crippen molar-refractivity contribution in [1.82, 2.24) is 29.9 Å². The van der Waals surface area contributed by atoms with Crippen LogP contribution >= 0.6 is 54.5 Å². The van der Waals surface area contributed by atoms with Crippen LogP contribution in [0.1, 0.15) is 27.7 Å². The van der Waals surface area contributed by atoms with Crippen molar-refractivity contribution >= 4 is 67.3 Å². The summed E-state index contributed by atoms with van der Waals surface area (Å²) in [5, 5.41) is 0. The Morgan fingerprint density at radius 2 is 0.625 bits per heavy atom. The van der Waals surface area contributed by atoms with E-state index in [2.05, 4.69) is 127 Å². The van der Waals surface area contributed by atoms with E-state index in [1.165, 1.54) is 14.7 Å². The molecule has 10 aromatic rings. The second kappa shape index (κ2) is 22.9. The topological polar surface area (TPSA) is 95.8 Å². The maximum absolute atomic E-state index is 6.23. The monoisotopic (exact) mass is 1180 g/mol. The predicted molar refractivity (Wildman–Crippen MR) is 308 cm³/mol. The van der Waals surface area contributed by atoms with Crippen molar-refractivity contribution in [2.75, 3.05) is 0 Å². The molecular formula is C60H48BBr2IN6O2. The molecule has 2 aromatic heterocycles. The Hall–Kier alpha value is -6.55. The van der Waals surface area contributed by atoms with E-state index in [1.807, 2.05) is 173 Å². The molecule has 8 nitrogen and oxygen atoms in total. The highest BCUT2D eigenvalue weighted by molar-refractivity contribution is 14.1. The SMILES string of the molecule is Brc1cccc(-c2nc(-c3ccccc3)nc(-c3ccc(-c4ccccc4)cc3)n2)c1.Brc1cccc(I)c1.CC1(C)OB(c2nc(-c3ccccc3)nc(-c3ccc(-c4ccccc4)cc3)n2)OC1(C)C. The van der Waals surface area contributed by atoms with Crippen LogP contribution in [-0.2, 0) is 9.31 Å². The first-order valence-electron chi connectivity index (χ1n) is 23.3. The lowest BCUT2D eigenvalue weighted by molar-refractivity contribution is 0.00578. The number of aromatic nitrogens is 6. The average molecular weight is 1180 g/mol. The minimum atomic E-state index is -0.664. The van der Waals surface area contributed by atoms with Gasteiger partial charge in [-0.1, -0.05) is 220 Å². The summed E-state index contributed by atoms with van der Waals surface area (Å²) in [4.78, 5) is 28.6. The van der Waals surface area contributed by atoms with Gasteiger partial charge in [-0.3, -0.25) is 0 Å². The third kappa shape index (κ3) is 12.5. The van der Waals surface area contributed by atoms with E-state index in [-0.39, 0.29) is 0 Å². The smallest absolute Gasteiger partial charge is 0.397 e. The van der Waals surface area contributed by atoms with Gasteiger partial charge in [0.2, 0.25) is 0 Å². The highest BCUT2D eigenvalue weighted by atomic mass is 127. The number of rotatable bonds is 8. The molecule has 72 heavy (non-hydrogen) atoms. The minimum absolute atomic E-state index is 0.477. The summed E-state index contributed by atoms with van der Waals surface area (Å²) in [6.07, 6.45) is 0. The van der Waals surface area contributed by atoms with Gasteiger partial charge in [-0.15, -0.1) is 0 Å². The Balaban J connectivity index is 0.000000154. The number of benzene rings is 8. The predicted octanol–water partition coefficient (Wildman–Crippen LogP) is 15.5. The van der Waals surface area contributed by atoms with E-state index in [0.717, 1.165) is 47.9 Å². The van der Waals surface area contributed by atoms with Gasteiger partial charge in [-0.25, -0.2) is 29.9 Å². The fourth-order valence-corrected chi connectivity index (χ4v) is 9.38. The molecule has 0 radical (unpaired) electrons. The highest BCUT2D eigenvalue weighted by Crippen LogP contribution is 2.37. The van der Waals surface area contributed by atoms with Crippen molar-refractivity contribution in [3.8, 4) is 79.2 Å². The lowest BCUT2D eigenvalue weighted by Gasteiger charge is -2.32. The van der Waals surface area contributed by atoms with Crippen LogP contribution in [0, 0.1) is 3.57 Å². The van der Waals surface area contributed by atoms with Crippen LogP contribution in [0.5, 0.6) is 0 Å². The summed E-state index contributed by atoms with van der Waals surface area (Å²) in [6, 6.07) is 73.3. The molecule has 0 atom stereocenters. The first-order chi connectivity index (χ1) is 34.9. The number of hydrogen-bond donors (Lipinski definition) is 0. The summed E-state index contributed by atoms with van der Waals surface area (Å²) >= 11 is 9.18. The molecule has 3 heterocycles. The zero-order valence-electron chi connectivity index (χ0n) is 40.0. The van der Waals surface area contributed by atoms with Crippen LogP contribution in [0.2, 0.25) is 0 Å². The number of hydrogen-bond acceptors (Lipinski definition) is 8. The lowest BCUT2D eigenvalue weighted by Crippen LogP contribution is -2.41. The van der Waals surface area contributed by atoms with E-state index in [4.69, 9.17) is 39.2 Å². The standard InChI is InChI=1S/C27H26BN3O2.C27H18BrN3.C6H4BrI/c1-26(2)27(3,4)33-28(32-26)25-30-23(21-13-9-6-10-14-21)29-24(31-25)22-17-15-20(16-18-22)19-11-7-5-8-12-19;28-24-13-7-12-23(18-24)27-30-25(21-10-5-2-6-11-21)29-26(31-27)22-16-14-20(15-17-22)19-8-3-1-4-9-19;7-5-2-1-3-6(8)4-5/h5-18H,1-4H3;1-18H;1-4H. The second-order valence-electron chi connectivity index (χ2n) is 17.8. The lowest BCUT2D eigenvalue weighted by atomic mass is 9.89. The maximum Gasteiger partial charge on any atom is 0.534 e. The minimum Gasteiger partial charge on any atom is -0.397 e. The first kappa shape index (κ1) is 50.4. The Morgan fingerprint density at radius 3 is 0.986 bits per heavy atom. The van der Waals surface area contributed by atoms with Crippen molar-refractivity contribution < 1.29 is 9.31 Å². The second-order valence-corrected chi connectivity index (χ2v) is 20.9. The van der Waals surface area contributed by atoms with E-state index in [1.54, 1.807) is 0 Å². The summed E-state index contributed by atoms with van der Waals surface area (Å²) < 4.78 is 15.9. The molecule has 0 saturated carbocycles. The summed E-state index contributed by atoms with van der Waals surface area (Å²) in [5.41, 5.74) is 8.86. The molecule has 1 fully saturated rings. The Morgan fingerprint density at radius 1 is 0.333 bits per heavy atom. The third-order valence-electron chi connectivity index (χ3n) is 12.2. The van der Waals surface area contributed by atoms with E-state index >= 15 is 0 Å². The van der Waals surface area contributed by atoms with Crippen molar-refractivity contribution in [3.05, 3.63) is 231 Å². The van der Waals surface area contributed by atoms with Gasteiger partial charge in [0.05, 0.1) is 11.2 Å². The molecule has 0 unspecified atom stereocenters. The Bertz CT molecular complexity index is 3360. The zero-order valence-corrected chi connectivity index (χ0v) is 45.3. The van der Waals surface area contributed by atoms with Gasteiger partial charge >= 0.3 is 7.12 Å². The van der Waals surface area contributed by atoms with Gasteiger partial charge in [-0.05, 0) is 103 Å². The molecule has 0 bridgehead atoms. The van der Waals surface area contributed by atoms with Gasteiger partial charge in [0.1, 0.15) is 0 Å². The van der Waals surface area contributed by atoms with Crippen LogP contribution in [-0.4, -0.2) is 48.2 Å². The highest BCUT2D eigenvalue weighted by Gasteiger charge is 2.53. The zero-order chi connectivity index (χ0) is 50.1. The van der Waals surface area contributed by atoms with Crippen molar-refractivity contribution in [2.45, 2.75) is 38.9 Å². The van der Waals surface area contributed by atoms with Gasteiger partial charge < -0.3 is 9.31 Å². The molecule has 0 aliphatic carbocycles. The van der Waals surface area contributed by atoms with Crippen LogP contribution in [0.15, 0.2) is 227 Å². The third-order valence-corrected chi connectivity index (χ3v) is 13.8. The first-order valence-corrected chi connectivity index (χ1v) is 26.0. The number of nitrogens with zero attached hydrogens (tertiary/aromatic N) is 6. The van der Waals surface area contributed by atoms with Crippen LogP contribution in [0.3, 0.4) is 0 Å². The van der Waals surface area contributed by atoms with Gasteiger partial charge in [-0.2, -0.15) is 0 Å². The Labute approximate surface area is 452 Å².